The highest BCUT2D eigenvalue weighted by atomic mass is 79.9. The Balaban J connectivity index is 2.39. The Hall–Kier alpha value is -2.54. The Kier molecular flexibility index (Phi) is 3.96. The molecule has 0 unspecified atom stereocenters. The first-order valence-electron chi connectivity index (χ1n) is 6.69. The average Bonchev–Trinajstić information content (AvgIpc) is 2.95. The predicted octanol–water partition coefficient (Wildman–Crippen LogP) is 3.48. The van der Waals surface area contributed by atoms with Crippen molar-refractivity contribution in [2.75, 3.05) is 14.2 Å². The van der Waals surface area contributed by atoms with Gasteiger partial charge in [0.05, 0.1) is 18.8 Å². The zero-order chi connectivity index (χ0) is 16.6. The minimum absolute atomic E-state index is 0.0547. The number of methoxy groups -OCH3 is 2. The van der Waals surface area contributed by atoms with E-state index >= 15 is 0 Å². The number of halogens is 1. The van der Waals surface area contributed by atoms with Gasteiger partial charge in [-0.1, -0.05) is 6.07 Å². The number of carbonyl (C=O) groups is 1. The number of hydrogen-bond acceptors (Lipinski definition) is 4. The van der Waals surface area contributed by atoms with E-state index in [1.165, 1.54) is 11.5 Å². The van der Waals surface area contributed by atoms with Crippen LogP contribution in [0.4, 0.5) is 0 Å². The zero-order valence-electron chi connectivity index (χ0n) is 12.4. The smallest absolute Gasteiger partial charge is 0.355 e. The lowest BCUT2D eigenvalue weighted by Gasteiger charge is -2.09. The van der Waals surface area contributed by atoms with Crippen molar-refractivity contribution in [1.29, 1.82) is 0 Å². The molecular formula is C16H13BrN2O4. The van der Waals surface area contributed by atoms with Gasteiger partial charge >= 0.3 is 5.97 Å². The third-order valence-corrected chi connectivity index (χ3v) is 4.08. The van der Waals surface area contributed by atoms with Crippen LogP contribution in [0.5, 0.6) is 11.5 Å². The molecule has 1 N–H and O–H groups in total. The maximum absolute atomic E-state index is 11.8. The number of ether oxygens (including phenoxy) is 2. The van der Waals surface area contributed by atoms with Crippen molar-refractivity contribution in [2.45, 2.75) is 0 Å². The molecule has 0 saturated heterocycles. The summed E-state index contributed by atoms with van der Waals surface area (Å²) >= 11 is 3.37. The number of carboxylic acids is 1. The number of hydrogen-bond donors (Lipinski definition) is 1. The molecule has 0 spiro atoms. The standard InChI is InChI=1S/C16H13BrN2O4/c1-22-9-6-7-11(23-2)10(8-9)14-15(16(20)21)19-12(17)4-3-5-13(19)18-14/h3-8H,1-2H3,(H,20,21). The molecule has 3 rings (SSSR count). The van der Waals surface area contributed by atoms with Gasteiger partial charge in [-0.3, -0.25) is 4.40 Å². The monoisotopic (exact) mass is 376 g/mol. The van der Waals surface area contributed by atoms with Crippen molar-refractivity contribution >= 4 is 27.5 Å². The summed E-state index contributed by atoms with van der Waals surface area (Å²) in [6.45, 7) is 0. The topological polar surface area (TPSA) is 73.1 Å². The Morgan fingerprint density at radius 2 is 2.00 bits per heavy atom. The summed E-state index contributed by atoms with van der Waals surface area (Å²) in [7, 11) is 3.07. The van der Waals surface area contributed by atoms with E-state index in [2.05, 4.69) is 20.9 Å². The summed E-state index contributed by atoms with van der Waals surface area (Å²) in [6, 6.07) is 10.5. The molecule has 0 aliphatic carbocycles. The number of imidazole rings is 1. The molecule has 0 fully saturated rings. The quantitative estimate of drug-likeness (QED) is 0.705. The van der Waals surface area contributed by atoms with Crippen LogP contribution < -0.4 is 9.47 Å². The fraction of sp³-hybridized carbons (Fsp3) is 0.125. The Morgan fingerprint density at radius 3 is 2.65 bits per heavy atom. The van der Waals surface area contributed by atoms with Crippen molar-refractivity contribution in [3.8, 4) is 22.8 Å². The number of aromatic nitrogens is 2. The molecule has 2 aromatic heterocycles. The number of pyridine rings is 1. The molecule has 118 valence electrons. The highest BCUT2D eigenvalue weighted by molar-refractivity contribution is 9.10. The lowest BCUT2D eigenvalue weighted by Crippen LogP contribution is -2.05. The van der Waals surface area contributed by atoms with E-state index in [0.717, 1.165) is 0 Å². The van der Waals surface area contributed by atoms with Gasteiger partial charge in [0.2, 0.25) is 0 Å². The zero-order valence-corrected chi connectivity index (χ0v) is 14.0. The van der Waals surface area contributed by atoms with Gasteiger partial charge < -0.3 is 14.6 Å². The van der Waals surface area contributed by atoms with Crippen molar-refractivity contribution in [3.05, 3.63) is 46.7 Å². The van der Waals surface area contributed by atoms with Crippen LogP contribution in [-0.2, 0) is 0 Å². The summed E-state index contributed by atoms with van der Waals surface area (Å²) in [5.74, 6) is 0.0327. The van der Waals surface area contributed by atoms with E-state index in [9.17, 15) is 9.90 Å². The molecule has 0 bridgehead atoms. The van der Waals surface area contributed by atoms with Crippen LogP contribution in [0.3, 0.4) is 0 Å². The third kappa shape index (κ3) is 2.53. The molecule has 0 amide bonds. The van der Waals surface area contributed by atoms with Crippen LogP contribution in [0.1, 0.15) is 10.5 Å². The van der Waals surface area contributed by atoms with Crippen LogP contribution in [0.25, 0.3) is 16.9 Å². The molecular weight excluding hydrogens is 364 g/mol. The summed E-state index contributed by atoms with van der Waals surface area (Å²) in [6.07, 6.45) is 0. The number of carboxylic acid groups (broad SMARTS) is 1. The third-order valence-electron chi connectivity index (χ3n) is 3.46. The van der Waals surface area contributed by atoms with Crippen LogP contribution in [0, 0.1) is 0 Å². The van der Waals surface area contributed by atoms with Gasteiger partial charge in [0, 0.05) is 5.56 Å². The molecule has 0 saturated carbocycles. The lowest BCUT2D eigenvalue weighted by molar-refractivity contribution is 0.0690. The summed E-state index contributed by atoms with van der Waals surface area (Å²) < 4.78 is 12.7. The number of rotatable bonds is 4. The molecule has 23 heavy (non-hydrogen) atoms. The number of fused-ring (bicyclic) bond motifs is 1. The van der Waals surface area contributed by atoms with E-state index in [1.54, 1.807) is 43.5 Å². The van der Waals surface area contributed by atoms with E-state index in [0.29, 0.717) is 33.0 Å². The van der Waals surface area contributed by atoms with Gasteiger partial charge in [0.15, 0.2) is 5.69 Å². The summed E-state index contributed by atoms with van der Waals surface area (Å²) in [5, 5.41) is 9.67. The Morgan fingerprint density at radius 1 is 1.22 bits per heavy atom. The molecule has 0 aliphatic rings. The maximum atomic E-state index is 11.8. The number of nitrogens with zero attached hydrogens (tertiary/aromatic N) is 2. The van der Waals surface area contributed by atoms with Crippen LogP contribution in [-0.4, -0.2) is 34.7 Å². The van der Waals surface area contributed by atoms with Crippen molar-refractivity contribution in [1.82, 2.24) is 9.38 Å². The van der Waals surface area contributed by atoms with Crippen LogP contribution >= 0.6 is 15.9 Å². The van der Waals surface area contributed by atoms with Gasteiger partial charge in [-0.25, -0.2) is 9.78 Å². The van der Waals surface area contributed by atoms with E-state index < -0.39 is 5.97 Å². The van der Waals surface area contributed by atoms with E-state index in [1.807, 2.05) is 0 Å². The fourth-order valence-electron chi connectivity index (χ4n) is 2.44. The second-order valence-electron chi connectivity index (χ2n) is 4.72. The first-order chi connectivity index (χ1) is 11.1. The minimum atomic E-state index is -1.08. The minimum Gasteiger partial charge on any atom is -0.497 e. The van der Waals surface area contributed by atoms with Crippen LogP contribution in [0.2, 0.25) is 0 Å². The molecule has 6 nitrogen and oxygen atoms in total. The van der Waals surface area contributed by atoms with Gasteiger partial charge in [0.25, 0.3) is 0 Å². The van der Waals surface area contributed by atoms with Crippen LogP contribution in [0.15, 0.2) is 41.0 Å². The van der Waals surface area contributed by atoms with Crippen molar-refractivity contribution in [3.63, 3.8) is 0 Å². The predicted molar refractivity (Wildman–Crippen MR) is 88.4 cm³/mol. The van der Waals surface area contributed by atoms with Gasteiger partial charge in [-0.15, -0.1) is 0 Å². The highest BCUT2D eigenvalue weighted by Crippen LogP contribution is 2.36. The number of aromatic carboxylic acids is 1. The summed E-state index contributed by atoms with van der Waals surface area (Å²) in [5.41, 5.74) is 1.45. The largest absolute Gasteiger partial charge is 0.497 e. The molecule has 3 aromatic rings. The first-order valence-corrected chi connectivity index (χ1v) is 7.48. The van der Waals surface area contributed by atoms with E-state index in [-0.39, 0.29) is 5.69 Å². The highest BCUT2D eigenvalue weighted by Gasteiger charge is 2.24. The normalized spacial score (nSPS) is 10.7. The Bertz CT molecular complexity index is 904. The molecule has 1 aromatic carbocycles. The fourth-order valence-corrected chi connectivity index (χ4v) is 2.95. The van der Waals surface area contributed by atoms with Gasteiger partial charge in [-0.2, -0.15) is 0 Å². The molecule has 0 radical (unpaired) electrons. The molecule has 0 aliphatic heterocycles. The van der Waals surface area contributed by atoms with Crippen molar-refractivity contribution in [2.24, 2.45) is 0 Å². The van der Waals surface area contributed by atoms with Gasteiger partial charge in [-0.05, 0) is 46.3 Å². The summed E-state index contributed by atoms with van der Waals surface area (Å²) in [4.78, 5) is 16.3. The Labute approximate surface area is 140 Å². The average molecular weight is 377 g/mol. The van der Waals surface area contributed by atoms with E-state index in [4.69, 9.17) is 9.47 Å². The lowest BCUT2D eigenvalue weighted by atomic mass is 10.1. The van der Waals surface area contributed by atoms with Gasteiger partial charge in [0.1, 0.15) is 22.8 Å². The van der Waals surface area contributed by atoms with Crippen molar-refractivity contribution < 1.29 is 19.4 Å². The number of benzene rings is 1. The second-order valence-corrected chi connectivity index (χ2v) is 5.53. The second kappa shape index (κ2) is 5.92. The maximum Gasteiger partial charge on any atom is 0.355 e. The molecule has 7 heteroatoms. The molecule has 0 atom stereocenters. The first kappa shape index (κ1) is 15.4. The SMILES string of the molecule is COc1ccc(OC)c(-c2nc3cccc(Br)n3c2C(=O)O)c1. The molecule has 2 heterocycles.